The van der Waals surface area contributed by atoms with E-state index < -0.39 is 11.9 Å². The molecule has 5 nitrogen and oxygen atoms in total. The fourth-order valence-electron chi connectivity index (χ4n) is 3.17. The monoisotopic (exact) mass is 317 g/mol. The fourth-order valence-corrected chi connectivity index (χ4v) is 3.17. The number of carboxylic acid groups (broad SMARTS) is 1. The second-order valence-corrected chi connectivity index (χ2v) is 5.79. The molecule has 3 rings (SSSR count). The van der Waals surface area contributed by atoms with Crippen molar-refractivity contribution in [2.45, 2.75) is 25.6 Å². The number of fused-ring (bicyclic) bond motifs is 1. The molecule has 2 heterocycles. The third kappa shape index (κ3) is 2.93. The molecular formula is C17H20FN3O2. The van der Waals surface area contributed by atoms with Gasteiger partial charge in [0.15, 0.2) is 5.79 Å². The molecule has 0 bridgehead atoms. The summed E-state index contributed by atoms with van der Waals surface area (Å²) in [6.07, 6.45) is -0.893. The standard InChI is InChI=1S/C17H20FN3O2/c1-2-21(16(22)23)17(18)9-11-20(12-10-17)15-8-7-13-5-3-4-6-14(13)19-15/h3-8H,2,9-12H2,1H3,(H,22,23). The molecule has 1 saturated heterocycles. The molecule has 23 heavy (non-hydrogen) atoms. The molecular weight excluding hydrogens is 297 g/mol. The van der Waals surface area contributed by atoms with Crippen molar-refractivity contribution in [2.24, 2.45) is 0 Å². The van der Waals surface area contributed by atoms with Gasteiger partial charge in [-0.25, -0.2) is 14.2 Å². The summed E-state index contributed by atoms with van der Waals surface area (Å²) < 4.78 is 14.9. The van der Waals surface area contributed by atoms with Crippen molar-refractivity contribution in [3.63, 3.8) is 0 Å². The summed E-state index contributed by atoms with van der Waals surface area (Å²) in [5.41, 5.74) is 0.905. The van der Waals surface area contributed by atoms with Gasteiger partial charge < -0.3 is 10.0 Å². The molecule has 0 saturated carbocycles. The molecule has 1 fully saturated rings. The topological polar surface area (TPSA) is 56.7 Å². The summed E-state index contributed by atoms with van der Waals surface area (Å²) >= 11 is 0. The van der Waals surface area contributed by atoms with E-state index in [4.69, 9.17) is 5.11 Å². The zero-order valence-corrected chi connectivity index (χ0v) is 13.1. The van der Waals surface area contributed by atoms with Gasteiger partial charge in [-0.3, -0.25) is 4.90 Å². The number of piperidine rings is 1. The molecule has 0 aliphatic carbocycles. The highest BCUT2D eigenvalue weighted by Gasteiger charge is 2.42. The zero-order valence-electron chi connectivity index (χ0n) is 13.1. The molecule has 0 spiro atoms. The Kier molecular flexibility index (Phi) is 4.07. The normalized spacial score (nSPS) is 17.2. The van der Waals surface area contributed by atoms with Crippen LogP contribution in [0.2, 0.25) is 0 Å². The van der Waals surface area contributed by atoms with Gasteiger partial charge in [0.25, 0.3) is 0 Å². The van der Waals surface area contributed by atoms with Crippen molar-refractivity contribution in [3.05, 3.63) is 36.4 Å². The molecule has 2 aromatic rings. The Labute approximate surface area is 134 Å². The van der Waals surface area contributed by atoms with Crippen LogP contribution in [0.5, 0.6) is 0 Å². The molecule has 1 aromatic carbocycles. The lowest BCUT2D eigenvalue weighted by Gasteiger charge is -2.42. The fraction of sp³-hybridized carbons (Fsp3) is 0.412. The van der Waals surface area contributed by atoms with Crippen LogP contribution in [0.25, 0.3) is 10.9 Å². The molecule has 0 radical (unpaired) electrons. The highest BCUT2D eigenvalue weighted by atomic mass is 19.1. The molecule has 1 aliphatic rings. The Hall–Kier alpha value is -2.37. The largest absolute Gasteiger partial charge is 0.465 e. The summed E-state index contributed by atoms with van der Waals surface area (Å²) in [7, 11) is 0. The minimum Gasteiger partial charge on any atom is -0.465 e. The minimum absolute atomic E-state index is 0.153. The smallest absolute Gasteiger partial charge is 0.409 e. The first kappa shape index (κ1) is 15.5. The number of carbonyl (C=O) groups is 1. The molecule has 0 unspecified atom stereocenters. The van der Waals surface area contributed by atoms with Gasteiger partial charge in [0.1, 0.15) is 5.82 Å². The van der Waals surface area contributed by atoms with E-state index in [1.54, 1.807) is 6.92 Å². The van der Waals surface area contributed by atoms with E-state index in [-0.39, 0.29) is 19.4 Å². The van der Waals surface area contributed by atoms with Crippen LogP contribution in [0.4, 0.5) is 15.0 Å². The van der Waals surface area contributed by atoms with Gasteiger partial charge in [-0.2, -0.15) is 0 Å². The van der Waals surface area contributed by atoms with Crippen molar-refractivity contribution in [2.75, 3.05) is 24.5 Å². The van der Waals surface area contributed by atoms with Crippen molar-refractivity contribution in [3.8, 4) is 0 Å². The zero-order chi connectivity index (χ0) is 16.4. The highest BCUT2D eigenvalue weighted by Crippen LogP contribution is 2.32. The Morgan fingerprint density at radius 1 is 1.30 bits per heavy atom. The van der Waals surface area contributed by atoms with Gasteiger partial charge in [0.2, 0.25) is 0 Å². The SMILES string of the molecule is CCN(C(=O)O)C1(F)CCN(c2ccc3ccccc3n2)CC1. The predicted molar refractivity (Wildman–Crippen MR) is 87.4 cm³/mol. The first-order valence-corrected chi connectivity index (χ1v) is 7.84. The van der Waals surface area contributed by atoms with Crippen LogP contribution in [0.15, 0.2) is 36.4 Å². The number of alkyl halides is 1. The number of anilines is 1. The number of halogens is 1. The van der Waals surface area contributed by atoms with Crippen LogP contribution in [-0.4, -0.2) is 46.5 Å². The van der Waals surface area contributed by atoms with Crippen LogP contribution in [-0.2, 0) is 0 Å². The average molecular weight is 317 g/mol. The number of hydrogen-bond acceptors (Lipinski definition) is 3. The Morgan fingerprint density at radius 3 is 2.65 bits per heavy atom. The lowest BCUT2D eigenvalue weighted by Crippen LogP contribution is -2.54. The summed E-state index contributed by atoms with van der Waals surface area (Å²) in [4.78, 5) is 18.7. The van der Waals surface area contributed by atoms with Crippen LogP contribution in [0.3, 0.4) is 0 Å². The predicted octanol–water partition coefficient (Wildman–Crippen LogP) is 3.50. The number of benzene rings is 1. The molecule has 1 amide bonds. The number of pyridine rings is 1. The number of aromatic nitrogens is 1. The summed E-state index contributed by atoms with van der Waals surface area (Å²) in [6, 6.07) is 11.8. The average Bonchev–Trinajstić information content (AvgIpc) is 2.55. The van der Waals surface area contributed by atoms with E-state index in [0.29, 0.717) is 13.1 Å². The first-order chi connectivity index (χ1) is 11.0. The summed E-state index contributed by atoms with van der Waals surface area (Å²) in [6.45, 7) is 2.71. The third-order valence-corrected chi connectivity index (χ3v) is 4.47. The number of nitrogens with zero attached hydrogens (tertiary/aromatic N) is 3. The van der Waals surface area contributed by atoms with E-state index in [2.05, 4.69) is 4.98 Å². The van der Waals surface area contributed by atoms with E-state index in [0.717, 1.165) is 21.6 Å². The van der Waals surface area contributed by atoms with Gasteiger partial charge in [0, 0.05) is 37.9 Å². The lowest BCUT2D eigenvalue weighted by atomic mass is 10.00. The Morgan fingerprint density at radius 2 is 2.00 bits per heavy atom. The summed E-state index contributed by atoms with van der Waals surface area (Å²) in [5, 5.41) is 10.2. The quantitative estimate of drug-likeness (QED) is 0.880. The minimum atomic E-state index is -1.78. The van der Waals surface area contributed by atoms with Crippen LogP contribution in [0, 0.1) is 0 Å². The maximum Gasteiger partial charge on any atom is 0.409 e. The van der Waals surface area contributed by atoms with Crippen LogP contribution in [0.1, 0.15) is 19.8 Å². The van der Waals surface area contributed by atoms with E-state index in [1.807, 2.05) is 41.3 Å². The highest BCUT2D eigenvalue weighted by molar-refractivity contribution is 5.80. The maximum absolute atomic E-state index is 14.9. The molecule has 1 aliphatic heterocycles. The van der Waals surface area contributed by atoms with E-state index >= 15 is 0 Å². The van der Waals surface area contributed by atoms with Crippen molar-refractivity contribution >= 4 is 22.8 Å². The lowest BCUT2D eigenvalue weighted by molar-refractivity contribution is -0.0356. The van der Waals surface area contributed by atoms with Crippen LogP contribution < -0.4 is 4.90 Å². The molecule has 6 heteroatoms. The summed E-state index contributed by atoms with van der Waals surface area (Å²) in [5.74, 6) is -0.974. The van der Waals surface area contributed by atoms with Crippen molar-refractivity contribution < 1.29 is 14.3 Å². The Balaban J connectivity index is 1.76. The van der Waals surface area contributed by atoms with Crippen molar-refractivity contribution in [1.82, 2.24) is 9.88 Å². The number of amides is 1. The van der Waals surface area contributed by atoms with Gasteiger partial charge in [-0.15, -0.1) is 0 Å². The van der Waals surface area contributed by atoms with Gasteiger partial charge in [0.05, 0.1) is 5.52 Å². The second-order valence-electron chi connectivity index (χ2n) is 5.79. The molecule has 0 atom stereocenters. The first-order valence-electron chi connectivity index (χ1n) is 7.84. The van der Waals surface area contributed by atoms with Gasteiger partial charge in [-0.05, 0) is 25.1 Å². The van der Waals surface area contributed by atoms with Gasteiger partial charge >= 0.3 is 6.09 Å². The molecule has 122 valence electrons. The van der Waals surface area contributed by atoms with Gasteiger partial charge in [-0.1, -0.05) is 18.2 Å². The second kappa shape index (κ2) is 6.02. The van der Waals surface area contributed by atoms with Crippen LogP contribution >= 0.6 is 0 Å². The van der Waals surface area contributed by atoms with Crippen molar-refractivity contribution in [1.29, 1.82) is 0 Å². The van der Waals surface area contributed by atoms with E-state index in [9.17, 15) is 9.18 Å². The number of para-hydroxylation sites is 1. The third-order valence-electron chi connectivity index (χ3n) is 4.47. The maximum atomic E-state index is 14.9. The number of rotatable bonds is 3. The number of hydrogen-bond donors (Lipinski definition) is 1. The molecule has 1 aromatic heterocycles. The van der Waals surface area contributed by atoms with E-state index in [1.165, 1.54) is 0 Å². The Bertz CT molecular complexity index is 714. The molecule has 1 N–H and O–H groups in total.